The summed E-state index contributed by atoms with van der Waals surface area (Å²) in [5.41, 5.74) is 0. The van der Waals surface area contributed by atoms with E-state index in [9.17, 15) is 0 Å². The van der Waals surface area contributed by atoms with E-state index in [1.807, 2.05) is 12.1 Å². The van der Waals surface area contributed by atoms with Gasteiger partial charge in [0.15, 0.2) is 11.5 Å². The van der Waals surface area contributed by atoms with Crippen LogP contribution in [0.4, 0.5) is 0 Å². The topological polar surface area (TPSA) is 31.0 Å². The van der Waals surface area contributed by atoms with Gasteiger partial charge in [-0.15, -0.1) is 11.8 Å². The highest BCUT2D eigenvalue weighted by Crippen LogP contribution is 2.35. The molecule has 80 valence electrons. The van der Waals surface area contributed by atoms with Gasteiger partial charge in [0.05, 0.1) is 12.7 Å². The van der Waals surface area contributed by atoms with Crippen LogP contribution in [0.3, 0.4) is 0 Å². The third kappa shape index (κ3) is 2.21. The summed E-state index contributed by atoms with van der Waals surface area (Å²) >= 11 is 1.80. The fourth-order valence-corrected chi connectivity index (χ4v) is 2.39. The van der Waals surface area contributed by atoms with Gasteiger partial charge in [0.2, 0.25) is 0 Å². The zero-order valence-corrected chi connectivity index (χ0v) is 9.09. The van der Waals surface area contributed by atoms with Gasteiger partial charge in [0.1, 0.15) is 13.2 Å². The van der Waals surface area contributed by atoms with E-state index in [4.69, 9.17) is 14.2 Å². The fourth-order valence-electron chi connectivity index (χ4n) is 1.47. The molecule has 2 aliphatic heterocycles. The van der Waals surface area contributed by atoms with Gasteiger partial charge in [-0.3, -0.25) is 0 Å². The minimum Gasteiger partial charge on any atom is -0.486 e. The third-order valence-corrected chi connectivity index (χ3v) is 3.48. The Balaban J connectivity index is 1.71. The molecule has 2 heterocycles. The van der Waals surface area contributed by atoms with Gasteiger partial charge in [-0.05, 0) is 18.2 Å². The van der Waals surface area contributed by atoms with E-state index < -0.39 is 0 Å². The summed E-state index contributed by atoms with van der Waals surface area (Å²) in [6, 6.07) is 6.09. The summed E-state index contributed by atoms with van der Waals surface area (Å²) in [5.74, 6) is 2.75. The van der Waals surface area contributed by atoms with Crippen LogP contribution in [0.25, 0.3) is 0 Å². The van der Waals surface area contributed by atoms with E-state index in [1.54, 1.807) is 11.8 Å². The van der Waals surface area contributed by atoms with E-state index in [2.05, 4.69) is 6.07 Å². The molecule has 0 saturated carbocycles. The number of fused-ring (bicyclic) bond motifs is 1. The van der Waals surface area contributed by atoms with Crippen molar-refractivity contribution in [2.24, 2.45) is 0 Å². The number of hydrogen-bond acceptors (Lipinski definition) is 4. The quantitative estimate of drug-likeness (QED) is 0.580. The SMILES string of the molecule is c1cc2c(cc1SC[C@H]1CO1)OCCO2. The predicted octanol–water partition coefficient (Wildman–Crippen LogP) is 1.95. The molecule has 0 N–H and O–H groups in total. The molecule has 0 aliphatic carbocycles. The summed E-state index contributed by atoms with van der Waals surface area (Å²) < 4.78 is 16.1. The minimum absolute atomic E-state index is 0.461. The lowest BCUT2D eigenvalue weighted by Crippen LogP contribution is -2.15. The van der Waals surface area contributed by atoms with Crippen molar-refractivity contribution in [3.8, 4) is 11.5 Å². The molecular weight excluding hydrogens is 212 g/mol. The van der Waals surface area contributed by atoms with Gasteiger partial charge in [-0.1, -0.05) is 0 Å². The van der Waals surface area contributed by atoms with Crippen LogP contribution in [-0.2, 0) is 4.74 Å². The van der Waals surface area contributed by atoms with Gasteiger partial charge < -0.3 is 14.2 Å². The summed E-state index contributed by atoms with van der Waals surface area (Å²) in [6.07, 6.45) is 0.461. The molecule has 1 fully saturated rings. The first-order valence-corrected chi connectivity index (χ1v) is 6.04. The van der Waals surface area contributed by atoms with Crippen LogP contribution < -0.4 is 9.47 Å². The van der Waals surface area contributed by atoms with Gasteiger partial charge >= 0.3 is 0 Å². The Morgan fingerprint density at radius 2 is 2.00 bits per heavy atom. The normalized spacial score (nSPS) is 22.5. The third-order valence-electron chi connectivity index (χ3n) is 2.35. The molecule has 1 aromatic carbocycles. The summed E-state index contributed by atoms with van der Waals surface area (Å²) in [5, 5.41) is 0. The lowest BCUT2D eigenvalue weighted by Gasteiger charge is -2.18. The number of epoxide rings is 1. The van der Waals surface area contributed by atoms with E-state index in [-0.39, 0.29) is 0 Å². The van der Waals surface area contributed by atoms with Crippen molar-refractivity contribution in [3.05, 3.63) is 18.2 Å². The van der Waals surface area contributed by atoms with Gasteiger partial charge in [-0.2, -0.15) is 0 Å². The maximum atomic E-state index is 5.52. The van der Waals surface area contributed by atoms with Gasteiger partial charge in [-0.25, -0.2) is 0 Å². The molecule has 0 unspecified atom stereocenters. The molecule has 1 atom stereocenters. The van der Waals surface area contributed by atoms with Crippen molar-refractivity contribution in [1.82, 2.24) is 0 Å². The second-order valence-electron chi connectivity index (χ2n) is 3.57. The predicted molar refractivity (Wildman–Crippen MR) is 57.9 cm³/mol. The number of thioether (sulfide) groups is 1. The van der Waals surface area contributed by atoms with Crippen LogP contribution in [0.1, 0.15) is 0 Å². The van der Waals surface area contributed by atoms with E-state index in [0.29, 0.717) is 19.3 Å². The van der Waals surface area contributed by atoms with E-state index in [0.717, 1.165) is 23.9 Å². The average molecular weight is 224 g/mol. The van der Waals surface area contributed by atoms with Crippen molar-refractivity contribution in [3.63, 3.8) is 0 Å². The molecule has 0 aromatic heterocycles. The Kier molecular flexibility index (Phi) is 2.46. The van der Waals surface area contributed by atoms with Crippen molar-refractivity contribution in [1.29, 1.82) is 0 Å². The highest BCUT2D eigenvalue weighted by atomic mass is 32.2. The monoisotopic (exact) mass is 224 g/mol. The minimum atomic E-state index is 0.461. The second kappa shape index (κ2) is 3.94. The van der Waals surface area contributed by atoms with Gasteiger partial charge in [0, 0.05) is 10.6 Å². The molecule has 15 heavy (non-hydrogen) atoms. The van der Waals surface area contributed by atoms with Gasteiger partial charge in [0.25, 0.3) is 0 Å². The molecule has 0 bridgehead atoms. The highest BCUT2D eigenvalue weighted by Gasteiger charge is 2.22. The number of hydrogen-bond donors (Lipinski definition) is 0. The molecule has 4 heteroatoms. The molecule has 1 saturated heterocycles. The Bertz CT molecular complexity index is 363. The second-order valence-corrected chi connectivity index (χ2v) is 4.67. The van der Waals surface area contributed by atoms with Crippen molar-refractivity contribution < 1.29 is 14.2 Å². The molecular formula is C11H12O3S. The number of benzene rings is 1. The Labute approximate surface area is 92.7 Å². The summed E-state index contributed by atoms with van der Waals surface area (Å²) in [7, 11) is 0. The van der Waals surface area contributed by atoms with Crippen molar-refractivity contribution >= 4 is 11.8 Å². The molecule has 0 amide bonds. The first-order valence-electron chi connectivity index (χ1n) is 5.06. The fraction of sp³-hybridized carbons (Fsp3) is 0.455. The molecule has 3 rings (SSSR count). The maximum absolute atomic E-state index is 5.52. The van der Waals surface area contributed by atoms with Crippen LogP contribution in [0.5, 0.6) is 11.5 Å². The molecule has 1 aromatic rings. The standard InChI is InChI=1S/C11H12O3S/c1-2-10-11(13-4-3-12-10)5-9(1)15-7-8-6-14-8/h1-2,5,8H,3-4,6-7H2/t8-/m1/s1. The van der Waals surface area contributed by atoms with Crippen molar-refractivity contribution in [2.45, 2.75) is 11.0 Å². The summed E-state index contributed by atoms with van der Waals surface area (Å²) in [6.45, 7) is 2.21. The zero-order valence-electron chi connectivity index (χ0n) is 8.27. The first kappa shape index (κ1) is 9.36. The van der Waals surface area contributed by atoms with Crippen LogP contribution in [0.2, 0.25) is 0 Å². The lowest BCUT2D eigenvalue weighted by atomic mass is 10.3. The highest BCUT2D eigenvalue weighted by molar-refractivity contribution is 7.99. The Morgan fingerprint density at radius 1 is 1.20 bits per heavy atom. The molecule has 0 spiro atoms. The van der Waals surface area contributed by atoms with Crippen LogP contribution >= 0.6 is 11.8 Å². The van der Waals surface area contributed by atoms with Crippen molar-refractivity contribution in [2.75, 3.05) is 25.6 Å². The maximum Gasteiger partial charge on any atom is 0.162 e. The lowest BCUT2D eigenvalue weighted by molar-refractivity contribution is 0.171. The zero-order chi connectivity index (χ0) is 10.1. The average Bonchev–Trinajstić information content (AvgIpc) is 3.10. The smallest absolute Gasteiger partial charge is 0.162 e. The van der Waals surface area contributed by atoms with Crippen LogP contribution in [0, 0.1) is 0 Å². The van der Waals surface area contributed by atoms with E-state index >= 15 is 0 Å². The van der Waals surface area contributed by atoms with E-state index in [1.165, 1.54) is 4.90 Å². The Hall–Kier alpha value is -0.870. The molecule has 2 aliphatic rings. The molecule has 0 radical (unpaired) electrons. The van der Waals surface area contributed by atoms with Crippen LogP contribution in [0.15, 0.2) is 23.1 Å². The Morgan fingerprint density at radius 3 is 2.80 bits per heavy atom. The van der Waals surface area contributed by atoms with Crippen LogP contribution in [-0.4, -0.2) is 31.7 Å². The number of rotatable bonds is 3. The molecule has 3 nitrogen and oxygen atoms in total. The largest absolute Gasteiger partial charge is 0.486 e. The summed E-state index contributed by atoms with van der Waals surface area (Å²) in [4.78, 5) is 1.22. The number of ether oxygens (including phenoxy) is 3. The first-order chi connectivity index (χ1) is 7.42.